The first-order chi connectivity index (χ1) is 16.4. The number of methoxy groups -OCH3 is 1. The zero-order chi connectivity index (χ0) is 24.0. The van der Waals surface area contributed by atoms with Gasteiger partial charge >= 0.3 is 0 Å². The fraction of sp³-hybridized carbons (Fsp3) is 0.0833. The van der Waals surface area contributed by atoms with Gasteiger partial charge < -0.3 is 15.4 Å². The van der Waals surface area contributed by atoms with Gasteiger partial charge in [-0.25, -0.2) is 13.1 Å². The number of aromatic nitrogens is 2. The number of amides is 1. The van der Waals surface area contributed by atoms with Crippen LogP contribution in [0.25, 0.3) is 5.69 Å². The quantitative estimate of drug-likeness (QED) is 0.338. The lowest BCUT2D eigenvalue weighted by Gasteiger charge is -2.12. The third-order valence-corrected chi connectivity index (χ3v) is 6.22. The van der Waals surface area contributed by atoms with Crippen LogP contribution in [0.1, 0.15) is 0 Å². The van der Waals surface area contributed by atoms with Gasteiger partial charge in [-0.3, -0.25) is 9.52 Å². The molecule has 1 aromatic heterocycles. The summed E-state index contributed by atoms with van der Waals surface area (Å²) in [5, 5.41) is 9.94. The molecule has 1 heterocycles. The van der Waals surface area contributed by atoms with E-state index in [0.717, 1.165) is 11.4 Å². The van der Waals surface area contributed by atoms with Crippen molar-refractivity contribution in [2.75, 3.05) is 29.0 Å². The Morgan fingerprint density at radius 2 is 1.71 bits per heavy atom. The van der Waals surface area contributed by atoms with E-state index in [4.69, 9.17) is 4.74 Å². The second kappa shape index (κ2) is 10.1. The molecule has 1 amide bonds. The largest absolute Gasteiger partial charge is 0.497 e. The first-order valence-corrected chi connectivity index (χ1v) is 11.8. The molecule has 0 aliphatic heterocycles. The van der Waals surface area contributed by atoms with Gasteiger partial charge in [-0.05, 0) is 48.5 Å². The van der Waals surface area contributed by atoms with Gasteiger partial charge in [0.05, 0.1) is 30.4 Å². The number of para-hydroxylation sites is 1. The van der Waals surface area contributed by atoms with Crippen LogP contribution in [-0.4, -0.2) is 37.8 Å². The molecule has 174 valence electrons. The van der Waals surface area contributed by atoms with Gasteiger partial charge in [-0.15, -0.1) is 0 Å². The maximum Gasteiger partial charge on any atom is 0.263 e. The number of sulfonamides is 1. The summed E-state index contributed by atoms with van der Waals surface area (Å²) in [5.41, 5.74) is 1.95. The molecule has 0 aliphatic rings. The van der Waals surface area contributed by atoms with E-state index in [2.05, 4.69) is 20.5 Å². The fourth-order valence-electron chi connectivity index (χ4n) is 3.19. The minimum atomic E-state index is -3.86. The highest BCUT2D eigenvalue weighted by Gasteiger charge is 2.17. The van der Waals surface area contributed by atoms with E-state index in [1.54, 1.807) is 19.2 Å². The van der Waals surface area contributed by atoms with Crippen LogP contribution < -0.4 is 20.1 Å². The second-order valence-electron chi connectivity index (χ2n) is 7.23. The number of nitrogens with one attached hydrogen (secondary N) is 3. The minimum absolute atomic E-state index is 0.0399. The average Bonchev–Trinajstić information content (AvgIpc) is 3.31. The second-order valence-corrected chi connectivity index (χ2v) is 8.91. The Kier molecular flexibility index (Phi) is 6.79. The number of anilines is 3. The molecule has 0 spiro atoms. The Balaban J connectivity index is 1.38. The molecule has 4 rings (SSSR count). The third-order valence-electron chi connectivity index (χ3n) is 4.85. The lowest BCUT2D eigenvalue weighted by Crippen LogP contribution is -2.21. The lowest BCUT2D eigenvalue weighted by atomic mass is 10.3. The standard InChI is InChI=1S/C24H23N5O4S/c1-33-21-9-5-6-19(16-21)25-17-24(30)27-18-10-12-22(13-11-18)34(31,32)28-23-14-15-26-29(23)20-7-3-2-4-8-20/h2-16,25,28H,17H2,1H3,(H,27,30). The maximum absolute atomic E-state index is 12.9. The van der Waals surface area contributed by atoms with Crippen LogP contribution in [0.2, 0.25) is 0 Å². The Bertz CT molecular complexity index is 1370. The number of nitrogens with zero attached hydrogens (tertiary/aromatic N) is 2. The topological polar surface area (TPSA) is 114 Å². The SMILES string of the molecule is COc1cccc(NCC(=O)Nc2ccc(S(=O)(=O)Nc3ccnn3-c3ccccc3)cc2)c1. The van der Waals surface area contributed by atoms with Gasteiger partial charge in [-0.1, -0.05) is 24.3 Å². The van der Waals surface area contributed by atoms with Crippen LogP contribution in [0.3, 0.4) is 0 Å². The Morgan fingerprint density at radius 3 is 2.44 bits per heavy atom. The summed E-state index contributed by atoms with van der Waals surface area (Å²) in [4.78, 5) is 12.3. The van der Waals surface area contributed by atoms with E-state index in [1.165, 1.54) is 35.1 Å². The number of hydrogen-bond donors (Lipinski definition) is 3. The predicted molar refractivity (Wildman–Crippen MR) is 131 cm³/mol. The molecule has 34 heavy (non-hydrogen) atoms. The highest BCUT2D eigenvalue weighted by molar-refractivity contribution is 7.92. The summed E-state index contributed by atoms with van der Waals surface area (Å²) in [6, 6.07) is 23.9. The van der Waals surface area contributed by atoms with Gasteiger partial charge in [0.2, 0.25) is 5.91 Å². The van der Waals surface area contributed by atoms with Gasteiger partial charge in [0.15, 0.2) is 0 Å². The smallest absolute Gasteiger partial charge is 0.263 e. The van der Waals surface area contributed by atoms with Crippen LogP contribution >= 0.6 is 0 Å². The first-order valence-electron chi connectivity index (χ1n) is 10.3. The summed E-state index contributed by atoms with van der Waals surface area (Å²) < 4.78 is 35.0. The molecule has 0 saturated carbocycles. The number of carbonyl (C=O) groups excluding carboxylic acids is 1. The van der Waals surface area contributed by atoms with E-state index in [1.807, 2.05) is 48.5 Å². The van der Waals surface area contributed by atoms with E-state index in [0.29, 0.717) is 17.3 Å². The molecule has 0 fully saturated rings. The van der Waals surface area contributed by atoms with Crippen molar-refractivity contribution in [3.05, 3.63) is 91.1 Å². The first kappa shape index (κ1) is 22.9. The molecule has 10 heteroatoms. The molecular formula is C24H23N5O4S. The van der Waals surface area contributed by atoms with Crippen LogP contribution in [0, 0.1) is 0 Å². The Hall–Kier alpha value is -4.31. The number of hydrogen-bond acceptors (Lipinski definition) is 6. The Labute approximate surface area is 197 Å². The van der Waals surface area contributed by atoms with E-state index in [-0.39, 0.29) is 17.3 Å². The van der Waals surface area contributed by atoms with Crippen molar-refractivity contribution in [2.45, 2.75) is 4.90 Å². The molecule has 0 saturated heterocycles. The molecule has 0 bridgehead atoms. The van der Waals surface area contributed by atoms with Gasteiger partial charge in [-0.2, -0.15) is 5.10 Å². The summed E-state index contributed by atoms with van der Waals surface area (Å²) in [6.45, 7) is 0.0399. The predicted octanol–water partition coefficient (Wildman–Crippen LogP) is 3.73. The average molecular weight is 478 g/mol. The summed E-state index contributed by atoms with van der Waals surface area (Å²) in [5.74, 6) is 0.721. The highest BCUT2D eigenvalue weighted by Crippen LogP contribution is 2.21. The molecule has 3 aromatic carbocycles. The van der Waals surface area contributed by atoms with Crippen molar-refractivity contribution in [1.29, 1.82) is 0 Å². The van der Waals surface area contributed by atoms with Crippen molar-refractivity contribution in [3.63, 3.8) is 0 Å². The van der Waals surface area contributed by atoms with Crippen molar-refractivity contribution in [3.8, 4) is 11.4 Å². The van der Waals surface area contributed by atoms with Crippen molar-refractivity contribution < 1.29 is 17.9 Å². The van der Waals surface area contributed by atoms with E-state index >= 15 is 0 Å². The van der Waals surface area contributed by atoms with Crippen LogP contribution in [0.4, 0.5) is 17.2 Å². The molecule has 3 N–H and O–H groups in total. The fourth-order valence-corrected chi connectivity index (χ4v) is 4.23. The number of ether oxygens (including phenoxy) is 1. The normalized spacial score (nSPS) is 11.0. The van der Waals surface area contributed by atoms with Crippen molar-refractivity contribution >= 4 is 33.1 Å². The minimum Gasteiger partial charge on any atom is -0.497 e. The molecular weight excluding hydrogens is 454 g/mol. The van der Waals surface area contributed by atoms with Crippen molar-refractivity contribution in [1.82, 2.24) is 9.78 Å². The summed E-state index contributed by atoms with van der Waals surface area (Å²) in [7, 11) is -2.29. The van der Waals surface area contributed by atoms with E-state index in [9.17, 15) is 13.2 Å². The van der Waals surface area contributed by atoms with Crippen LogP contribution in [0.15, 0.2) is 96.0 Å². The summed E-state index contributed by atoms with van der Waals surface area (Å²) in [6.07, 6.45) is 1.52. The number of carbonyl (C=O) groups is 1. The van der Waals surface area contributed by atoms with Gasteiger partial charge in [0.25, 0.3) is 10.0 Å². The van der Waals surface area contributed by atoms with Crippen LogP contribution in [0.5, 0.6) is 5.75 Å². The molecule has 0 radical (unpaired) electrons. The van der Waals surface area contributed by atoms with Crippen molar-refractivity contribution in [2.24, 2.45) is 0 Å². The maximum atomic E-state index is 12.9. The molecule has 4 aromatic rings. The highest BCUT2D eigenvalue weighted by atomic mass is 32.2. The van der Waals surface area contributed by atoms with Gasteiger partial charge in [0.1, 0.15) is 11.6 Å². The van der Waals surface area contributed by atoms with E-state index < -0.39 is 10.0 Å². The summed E-state index contributed by atoms with van der Waals surface area (Å²) >= 11 is 0. The molecule has 9 nitrogen and oxygen atoms in total. The Morgan fingerprint density at radius 1 is 0.941 bits per heavy atom. The zero-order valence-corrected chi connectivity index (χ0v) is 19.1. The third kappa shape index (κ3) is 5.54. The molecule has 0 aliphatic carbocycles. The zero-order valence-electron chi connectivity index (χ0n) is 18.3. The van der Waals surface area contributed by atoms with Crippen LogP contribution in [-0.2, 0) is 14.8 Å². The molecule has 0 atom stereocenters. The number of benzene rings is 3. The molecule has 0 unspecified atom stereocenters. The monoisotopic (exact) mass is 477 g/mol. The lowest BCUT2D eigenvalue weighted by molar-refractivity contribution is -0.114. The van der Waals surface area contributed by atoms with Gasteiger partial charge in [0, 0.05) is 23.5 Å². The number of rotatable bonds is 9.